The summed E-state index contributed by atoms with van der Waals surface area (Å²) >= 11 is 0. The molecule has 0 unspecified atom stereocenters. The maximum atomic E-state index is 11.9. The predicted molar refractivity (Wildman–Crippen MR) is 144 cm³/mol. The van der Waals surface area contributed by atoms with Crippen molar-refractivity contribution in [1.82, 2.24) is 10.6 Å². The lowest BCUT2D eigenvalue weighted by Gasteiger charge is -2.14. The Morgan fingerprint density at radius 3 is 1.07 bits per heavy atom. The van der Waals surface area contributed by atoms with Crippen molar-refractivity contribution >= 4 is 27.0 Å². The largest absolute Gasteiger partial charge is 0.471 e. The Balaban J connectivity index is 0. The summed E-state index contributed by atoms with van der Waals surface area (Å²) in [5.41, 5.74) is 10.6. The SMILES string of the molecule is CP(=O)(OCCCCN)OCCCCN.CP(=O)(OCCCCNC(=O)C(F)(F)F)OCCCCNC(=O)C(F)(F)F. The Morgan fingerprint density at radius 2 is 0.833 bits per heavy atom. The molecule has 12 nitrogen and oxygen atoms in total. The first-order valence-corrected chi connectivity index (χ1v) is 17.2. The number of nitrogens with two attached hydrogens (primary N) is 2. The molecule has 0 aromatic rings. The van der Waals surface area contributed by atoms with Gasteiger partial charge in [-0.25, -0.2) is 0 Å². The van der Waals surface area contributed by atoms with Gasteiger partial charge in [-0.15, -0.1) is 0 Å². The maximum Gasteiger partial charge on any atom is 0.471 e. The molecule has 42 heavy (non-hydrogen) atoms. The summed E-state index contributed by atoms with van der Waals surface area (Å²) in [6.45, 7) is 4.24. The van der Waals surface area contributed by atoms with Crippen LogP contribution >= 0.6 is 15.2 Å². The number of hydrogen-bond donors (Lipinski definition) is 4. The summed E-state index contributed by atoms with van der Waals surface area (Å²) in [5, 5.41) is 3.34. The molecule has 0 spiro atoms. The van der Waals surface area contributed by atoms with Crippen molar-refractivity contribution in [3.63, 3.8) is 0 Å². The lowest BCUT2D eigenvalue weighted by atomic mass is 10.3. The van der Waals surface area contributed by atoms with Crippen LogP contribution in [0.1, 0.15) is 51.4 Å². The zero-order valence-corrected chi connectivity index (χ0v) is 25.7. The second-order valence-electron chi connectivity index (χ2n) is 8.79. The first-order chi connectivity index (χ1) is 19.4. The fraction of sp³-hybridized carbons (Fsp3) is 0.909. The number of carbonyl (C=O) groups is 2. The van der Waals surface area contributed by atoms with Crippen molar-refractivity contribution in [2.75, 3.05) is 65.9 Å². The molecule has 0 aliphatic heterocycles. The van der Waals surface area contributed by atoms with Crippen LogP contribution in [0.2, 0.25) is 0 Å². The molecular weight excluding hydrogens is 624 g/mol. The number of hydrogen-bond acceptors (Lipinski definition) is 10. The lowest BCUT2D eigenvalue weighted by Crippen LogP contribution is -2.37. The fourth-order valence-corrected chi connectivity index (χ4v) is 4.54. The van der Waals surface area contributed by atoms with Gasteiger partial charge < -0.3 is 40.2 Å². The molecule has 0 radical (unpaired) electrons. The van der Waals surface area contributed by atoms with Crippen LogP contribution in [0.4, 0.5) is 26.3 Å². The second kappa shape index (κ2) is 23.2. The average Bonchev–Trinajstić information content (AvgIpc) is 2.87. The molecule has 2 amide bonds. The van der Waals surface area contributed by atoms with E-state index in [0.717, 1.165) is 25.7 Å². The van der Waals surface area contributed by atoms with Crippen LogP contribution in [0.5, 0.6) is 0 Å². The molecule has 252 valence electrons. The third-order valence-corrected chi connectivity index (χ3v) is 7.33. The van der Waals surface area contributed by atoms with E-state index in [-0.39, 0.29) is 52.0 Å². The van der Waals surface area contributed by atoms with Gasteiger partial charge in [-0.2, -0.15) is 26.3 Å². The number of nitrogens with one attached hydrogen (secondary N) is 2. The number of rotatable bonds is 22. The minimum atomic E-state index is -4.95. The summed E-state index contributed by atoms with van der Waals surface area (Å²) in [6, 6.07) is 0. The van der Waals surface area contributed by atoms with E-state index >= 15 is 0 Å². The number of alkyl halides is 6. The average molecular weight is 669 g/mol. The van der Waals surface area contributed by atoms with Crippen molar-refractivity contribution in [1.29, 1.82) is 0 Å². The van der Waals surface area contributed by atoms with Gasteiger partial charge >= 0.3 is 39.4 Å². The Hall–Kier alpha value is -1.26. The third-order valence-electron chi connectivity index (χ3n) is 4.73. The third kappa shape index (κ3) is 27.6. The molecule has 0 aromatic carbocycles. The number of unbranched alkanes of at least 4 members (excludes halogenated alkanes) is 4. The van der Waals surface area contributed by atoms with E-state index in [0.29, 0.717) is 26.3 Å². The fourth-order valence-electron chi connectivity index (χ4n) is 2.55. The van der Waals surface area contributed by atoms with Crippen molar-refractivity contribution in [3.05, 3.63) is 0 Å². The number of halogens is 6. The monoisotopic (exact) mass is 668 g/mol. The van der Waals surface area contributed by atoms with Gasteiger partial charge in [0.1, 0.15) is 0 Å². The second-order valence-corrected chi connectivity index (χ2v) is 12.9. The summed E-state index contributed by atoms with van der Waals surface area (Å²) in [4.78, 5) is 21.1. The Morgan fingerprint density at radius 1 is 0.571 bits per heavy atom. The van der Waals surface area contributed by atoms with E-state index in [1.165, 1.54) is 13.3 Å². The highest BCUT2D eigenvalue weighted by atomic mass is 31.2. The molecule has 0 aromatic heterocycles. The van der Waals surface area contributed by atoms with Gasteiger partial charge in [0.25, 0.3) is 0 Å². The van der Waals surface area contributed by atoms with E-state index in [2.05, 4.69) is 0 Å². The maximum absolute atomic E-state index is 11.9. The van der Waals surface area contributed by atoms with E-state index in [4.69, 9.17) is 29.6 Å². The van der Waals surface area contributed by atoms with Crippen LogP contribution in [0.15, 0.2) is 0 Å². The van der Waals surface area contributed by atoms with E-state index < -0.39 is 39.4 Å². The Labute approximate surface area is 242 Å². The minimum Gasteiger partial charge on any atom is -0.348 e. The van der Waals surface area contributed by atoms with Gasteiger partial charge in [-0.1, -0.05) is 0 Å². The molecule has 6 N–H and O–H groups in total. The molecule has 20 heteroatoms. The highest BCUT2D eigenvalue weighted by Gasteiger charge is 2.38. The lowest BCUT2D eigenvalue weighted by molar-refractivity contribution is -0.173. The molecule has 0 atom stereocenters. The Kier molecular flexibility index (Phi) is 23.6. The summed E-state index contributed by atoms with van der Waals surface area (Å²) in [5.74, 6) is -4.08. The van der Waals surface area contributed by atoms with Crippen molar-refractivity contribution in [2.24, 2.45) is 11.5 Å². The normalized spacial score (nSPS) is 12.4. The zero-order valence-electron chi connectivity index (χ0n) is 23.9. The molecular formula is C22H44F6N4O8P2. The van der Waals surface area contributed by atoms with Crippen LogP contribution in [0.3, 0.4) is 0 Å². The molecule has 0 bridgehead atoms. The summed E-state index contributed by atoms with van der Waals surface area (Å²) < 4.78 is 115. The number of amides is 2. The van der Waals surface area contributed by atoms with E-state index in [1.54, 1.807) is 10.6 Å². The molecule has 0 heterocycles. The molecule has 0 rings (SSSR count). The number of carbonyl (C=O) groups excluding carboxylic acids is 2. The van der Waals surface area contributed by atoms with E-state index in [9.17, 15) is 45.1 Å². The van der Waals surface area contributed by atoms with Crippen LogP contribution in [0, 0.1) is 0 Å². The molecule has 0 fully saturated rings. The first kappa shape index (κ1) is 42.9. The van der Waals surface area contributed by atoms with Gasteiger partial charge in [-0.3, -0.25) is 18.7 Å². The van der Waals surface area contributed by atoms with Crippen molar-refractivity contribution in [3.8, 4) is 0 Å². The Bertz CT molecular complexity index is 780. The highest BCUT2D eigenvalue weighted by molar-refractivity contribution is 7.53. The van der Waals surface area contributed by atoms with Gasteiger partial charge in [0.05, 0.1) is 26.4 Å². The van der Waals surface area contributed by atoms with Crippen LogP contribution in [0.25, 0.3) is 0 Å². The topological polar surface area (TPSA) is 181 Å². The standard InChI is InChI=1S/C13H21F6N2O5P.C9H23N2O3P/c1-27(24,25-8-4-2-6-20-10(22)12(14,15)16)26-9-5-3-7-21-11(23)13(17,18)19;1-15(12,13-8-4-2-6-10)14-9-5-3-7-11/h2-9H2,1H3,(H,20,22)(H,21,23);2-11H2,1H3. The first-order valence-electron chi connectivity index (χ1n) is 13.2. The minimum absolute atomic E-state index is 0.0721. The highest BCUT2D eigenvalue weighted by Crippen LogP contribution is 2.44. The van der Waals surface area contributed by atoms with Crippen LogP contribution < -0.4 is 22.1 Å². The van der Waals surface area contributed by atoms with Crippen molar-refractivity contribution < 1.29 is 63.2 Å². The smallest absolute Gasteiger partial charge is 0.348 e. The predicted octanol–water partition coefficient (Wildman–Crippen LogP) is 4.08. The van der Waals surface area contributed by atoms with Gasteiger partial charge in [0, 0.05) is 26.4 Å². The van der Waals surface area contributed by atoms with Gasteiger partial charge in [-0.05, 0) is 64.5 Å². The molecule has 0 aliphatic carbocycles. The summed E-state index contributed by atoms with van der Waals surface area (Å²) in [6.07, 6.45) is -5.70. The van der Waals surface area contributed by atoms with Gasteiger partial charge in [0.2, 0.25) is 0 Å². The summed E-state index contributed by atoms with van der Waals surface area (Å²) in [7, 11) is -6.27. The zero-order chi connectivity index (χ0) is 32.7. The van der Waals surface area contributed by atoms with Crippen LogP contribution in [-0.2, 0) is 36.8 Å². The van der Waals surface area contributed by atoms with Crippen molar-refractivity contribution in [2.45, 2.75) is 63.7 Å². The molecule has 0 aliphatic rings. The van der Waals surface area contributed by atoms with E-state index in [1.807, 2.05) is 0 Å². The van der Waals surface area contributed by atoms with Gasteiger partial charge in [0.15, 0.2) is 0 Å². The van der Waals surface area contributed by atoms with Crippen LogP contribution in [-0.4, -0.2) is 90.1 Å². The quantitative estimate of drug-likeness (QED) is 0.0746. The molecule has 0 saturated carbocycles. The molecule has 0 saturated heterocycles.